The number of nitrogens with one attached hydrogen (secondary N) is 2. The lowest BCUT2D eigenvalue weighted by atomic mass is 9.87. The maximum Gasteiger partial charge on any atom is 0.134 e. The normalized spacial score (nSPS) is 21.0. The number of nitrogens with zero attached hydrogens (tertiary/aromatic N) is 3. The summed E-state index contributed by atoms with van der Waals surface area (Å²) < 4.78 is 10.9. The number of aryl methyl sites for hydroxylation is 2. The Labute approximate surface area is 196 Å². The van der Waals surface area contributed by atoms with Gasteiger partial charge in [0.15, 0.2) is 0 Å². The predicted octanol–water partition coefficient (Wildman–Crippen LogP) is 4.31. The highest BCUT2D eigenvalue weighted by atomic mass is 16.5. The van der Waals surface area contributed by atoms with E-state index >= 15 is 0 Å². The summed E-state index contributed by atoms with van der Waals surface area (Å²) in [7, 11) is 0. The lowest BCUT2D eigenvalue weighted by molar-refractivity contribution is -0.0713. The molecule has 176 valence electrons. The first-order valence-corrected chi connectivity index (χ1v) is 12.3. The van der Waals surface area contributed by atoms with Gasteiger partial charge >= 0.3 is 0 Å². The fraction of sp³-hybridized carbons (Fsp3) is 0.577. The molecule has 3 fully saturated rings. The van der Waals surface area contributed by atoms with Crippen molar-refractivity contribution in [2.75, 3.05) is 44.8 Å². The van der Waals surface area contributed by atoms with Crippen LogP contribution in [0.1, 0.15) is 65.7 Å². The second-order valence-corrected chi connectivity index (χ2v) is 9.68. The van der Waals surface area contributed by atoms with Crippen molar-refractivity contribution < 1.29 is 9.47 Å². The van der Waals surface area contributed by atoms with E-state index < -0.39 is 0 Å². The molecule has 3 aliphatic rings. The molecule has 7 nitrogen and oxygen atoms in total. The molecule has 0 atom stereocenters. The van der Waals surface area contributed by atoms with Gasteiger partial charge in [-0.25, -0.2) is 9.97 Å². The van der Waals surface area contributed by atoms with E-state index in [4.69, 9.17) is 19.9 Å². The van der Waals surface area contributed by atoms with Crippen molar-refractivity contribution in [3.05, 3.63) is 46.4 Å². The molecule has 0 bridgehead atoms. The minimum absolute atomic E-state index is 0.461. The molecule has 5 rings (SSSR count). The van der Waals surface area contributed by atoms with Crippen LogP contribution in [0.5, 0.6) is 0 Å². The summed E-state index contributed by atoms with van der Waals surface area (Å²) in [5.74, 6) is 2.57. The second kappa shape index (κ2) is 9.87. The van der Waals surface area contributed by atoms with Crippen molar-refractivity contribution in [3.63, 3.8) is 0 Å². The summed E-state index contributed by atoms with van der Waals surface area (Å²) >= 11 is 0. The SMILES string of the molecule is Cc1nc(Nc2cc(C3CCOCC3)c(C)cc2C=N)cc(C2CCN(C3COC3)CC2)n1. The minimum Gasteiger partial charge on any atom is -0.381 e. The third kappa shape index (κ3) is 4.95. The Morgan fingerprint density at radius 2 is 1.73 bits per heavy atom. The molecule has 0 spiro atoms. The molecule has 0 aliphatic carbocycles. The van der Waals surface area contributed by atoms with Crippen molar-refractivity contribution in [2.24, 2.45) is 0 Å². The van der Waals surface area contributed by atoms with Gasteiger partial charge in [0, 0.05) is 48.4 Å². The molecule has 4 heterocycles. The largest absolute Gasteiger partial charge is 0.381 e. The van der Waals surface area contributed by atoms with Crippen LogP contribution < -0.4 is 5.32 Å². The molecular weight excluding hydrogens is 414 g/mol. The van der Waals surface area contributed by atoms with E-state index in [2.05, 4.69) is 40.3 Å². The molecule has 2 N–H and O–H groups in total. The highest BCUT2D eigenvalue weighted by Crippen LogP contribution is 2.34. The first-order chi connectivity index (χ1) is 16.1. The minimum atomic E-state index is 0.461. The Kier molecular flexibility index (Phi) is 6.71. The molecule has 3 aliphatic heterocycles. The van der Waals surface area contributed by atoms with Gasteiger partial charge < -0.3 is 20.2 Å². The molecule has 0 saturated carbocycles. The molecule has 7 heteroatoms. The molecule has 3 saturated heterocycles. The summed E-state index contributed by atoms with van der Waals surface area (Å²) in [5.41, 5.74) is 5.56. The Morgan fingerprint density at radius 3 is 2.39 bits per heavy atom. The molecule has 0 amide bonds. The highest BCUT2D eigenvalue weighted by molar-refractivity contribution is 5.88. The van der Waals surface area contributed by atoms with E-state index in [-0.39, 0.29) is 0 Å². The van der Waals surface area contributed by atoms with Gasteiger partial charge in [0.05, 0.1) is 19.3 Å². The van der Waals surface area contributed by atoms with Gasteiger partial charge in [0.2, 0.25) is 0 Å². The number of hydrogen-bond donors (Lipinski definition) is 2. The van der Waals surface area contributed by atoms with E-state index in [0.717, 1.165) is 93.8 Å². The molecule has 2 aromatic rings. The van der Waals surface area contributed by atoms with Crippen molar-refractivity contribution in [3.8, 4) is 0 Å². The fourth-order valence-electron chi connectivity index (χ4n) is 5.42. The van der Waals surface area contributed by atoms with Crippen LogP contribution in [-0.4, -0.2) is 66.6 Å². The first kappa shape index (κ1) is 22.4. The van der Waals surface area contributed by atoms with E-state index in [1.54, 1.807) is 0 Å². The summed E-state index contributed by atoms with van der Waals surface area (Å²) in [6, 6.07) is 7.07. The smallest absolute Gasteiger partial charge is 0.134 e. The summed E-state index contributed by atoms with van der Waals surface area (Å²) in [6.07, 6.45) is 5.77. The van der Waals surface area contributed by atoms with Gasteiger partial charge in [0.1, 0.15) is 11.6 Å². The van der Waals surface area contributed by atoms with Gasteiger partial charge in [-0.15, -0.1) is 0 Å². The number of aromatic nitrogens is 2. The van der Waals surface area contributed by atoms with Gasteiger partial charge in [0.25, 0.3) is 0 Å². The second-order valence-electron chi connectivity index (χ2n) is 9.68. The van der Waals surface area contributed by atoms with Crippen LogP contribution in [0, 0.1) is 19.3 Å². The zero-order chi connectivity index (χ0) is 22.8. The van der Waals surface area contributed by atoms with Gasteiger partial charge in [-0.2, -0.15) is 0 Å². The van der Waals surface area contributed by atoms with E-state index in [1.165, 1.54) is 17.3 Å². The molecule has 33 heavy (non-hydrogen) atoms. The molecule has 0 radical (unpaired) electrons. The van der Waals surface area contributed by atoms with E-state index in [0.29, 0.717) is 17.9 Å². The van der Waals surface area contributed by atoms with Crippen LogP contribution in [0.25, 0.3) is 0 Å². The van der Waals surface area contributed by atoms with Crippen LogP contribution in [0.2, 0.25) is 0 Å². The number of ether oxygens (including phenoxy) is 2. The van der Waals surface area contributed by atoms with E-state index in [9.17, 15) is 0 Å². The quantitative estimate of drug-likeness (QED) is 0.640. The maximum atomic E-state index is 7.95. The van der Waals surface area contributed by atoms with Crippen LogP contribution in [0.3, 0.4) is 0 Å². The number of piperidine rings is 1. The van der Waals surface area contributed by atoms with Crippen molar-refractivity contribution in [1.29, 1.82) is 5.41 Å². The zero-order valence-corrected chi connectivity index (χ0v) is 19.8. The lowest BCUT2D eigenvalue weighted by Gasteiger charge is -2.41. The lowest BCUT2D eigenvalue weighted by Crippen LogP contribution is -2.51. The Hall–Kier alpha value is -2.35. The third-order valence-electron chi connectivity index (χ3n) is 7.46. The molecule has 1 aromatic carbocycles. The van der Waals surface area contributed by atoms with Crippen molar-refractivity contribution in [2.45, 2.75) is 57.4 Å². The summed E-state index contributed by atoms with van der Waals surface area (Å²) in [4.78, 5) is 12.0. The number of likely N-dealkylation sites (tertiary alicyclic amines) is 1. The van der Waals surface area contributed by atoms with Gasteiger partial charge in [-0.05, 0) is 81.8 Å². The van der Waals surface area contributed by atoms with Gasteiger partial charge in [-0.3, -0.25) is 4.90 Å². The average Bonchev–Trinajstić information content (AvgIpc) is 2.79. The fourth-order valence-corrected chi connectivity index (χ4v) is 5.42. The third-order valence-corrected chi connectivity index (χ3v) is 7.46. The highest BCUT2D eigenvalue weighted by Gasteiger charge is 2.30. The topological polar surface area (TPSA) is 83.4 Å². The predicted molar refractivity (Wildman–Crippen MR) is 130 cm³/mol. The molecular formula is C26H35N5O2. The van der Waals surface area contributed by atoms with Crippen LogP contribution in [0.4, 0.5) is 11.5 Å². The molecule has 1 aromatic heterocycles. The van der Waals surface area contributed by atoms with Crippen LogP contribution >= 0.6 is 0 Å². The maximum absolute atomic E-state index is 7.95. The number of anilines is 2. The van der Waals surface area contributed by atoms with Crippen LogP contribution in [0.15, 0.2) is 18.2 Å². The number of rotatable bonds is 6. The van der Waals surface area contributed by atoms with Crippen molar-refractivity contribution >= 4 is 17.7 Å². The Balaban J connectivity index is 1.35. The Morgan fingerprint density at radius 1 is 0.970 bits per heavy atom. The van der Waals surface area contributed by atoms with Gasteiger partial charge in [-0.1, -0.05) is 0 Å². The summed E-state index contributed by atoms with van der Waals surface area (Å²) in [6.45, 7) is 9.73. The monoisotopic (exact) mass is 449 g/mol. The number of hydrogen-bond acceptors (Lipinski definition) is 7. The van der Waals surface area contributed by atoms with Crippen LogP contribution in [-0.2, 0) is 9.47 Å². The average molecular weight is 450 g/mol. The Bertz CT molecular complexity index is 992. The number of benzene rings is 1. The first-order valence-electron chi connectivity index (χ1n) is 12.3. The molecule has 0 unspecified atom stereocenters. The van der Waals surface area contributed by atoms with Crippen molar-refractivity contribution in [1.82, 2.24) is 14.9 Å². The standard InChI is InChI=1S/C26H35N5O2/c1-17-11-21(14-27)24(12-23(17)19-5-9-32-10-6-19)30-26-13-25(28-18(2)29-26)20-3-7-31(8-4-20)22-15-33-16-22/h11-14,19-20,22,27H,3-10,15-16H2,1-2H3,(H,28,29,30). The summed E-state index contributed by atoms with van der Waals surface area (Å²) in [5, 5.41) is 11.5. The van der Waals surface area contributed by atoms with E-state index in [1.807, 2.05) is 6.92 Å². The zero-order valence-electron chi connectivity index (χ0n) is 19.8.